The molecule has 0 bridgehead atoms. The number of nitrogens with zero attached hydrogens (tertiary/aromatic N) is 2. The molecule has 4 N–H and O–H groups in total. The van der Waals surface area contributed by atoms with Gasteiger partial charge in [-0.25, -0.2) is 13.6 Å². The SMILES string of the molecule is CN=C(NCc1cccc(S(N)(=O)=O)c1)NC1CCN(C(=O)C2CCCC2)C1.I. The minimum absolute atomic E-state index is 0. The van der Waals surface area contributed by atoms with E-state index >= 15 is 0 Å². The van der Waals surface area contributed by atoms with Crippen LogP contribution < -0.4 is 15.8 Å². The topological polar surface area (TPSA) is 117 Å². The average Bonchev–Trinajstić information content (AvgIpc) is 3.36. The van der Waals surface area contributed by atoms with E-state index in [9.17, 15) is 13.2 Å². The molecule has 1 heterocycles. The minimum atomic E-state index is -3.72. The second-order valence-electron chi connectivity index (χ2n) is 7.51. The lowest BCUT2D eigenvalue weighted by atomic mass is 10.1. The van der Waals surface area contributed by atoms with Crippen LogP contribution in [-0.4, -0.2) is 51.4 Å². The first-order chi connectivity index (χ1) is 13.4. The van der Waals surface area contributed by atoms with Gasteiger partial charge < -0.3 is 15.5 Å². The Morgan fingerprint density at radius 3 is 2.66 bits per heavy atom. The number of carbonyl (C=O) groups excluding carboxylic acids is 1. The van der Waals surface area contributed by atoms with Gasteiger partial charge in [0, 0.05) is 38.6 Å². The molecular formula is C19H30IN5O3S. The van der Waals surface area contributed by atoms with E-state index in [0.29, 0.717) is 25.0 Å². The maximum absolute atomic E-state index is 12.6. The lowest BCUT2D eigenvalue weighted by Crippen LogP contribution is -2.45. The maximum atomic E-state index is 12.6. The highest BCUT2D eigenvalue weighted by molar-refractivity contribution is 14.0. The molecule has 1 amide bonds. The number of aliphatic imine (C=N–C) groups is 1. The summed E-state index contributed by atoms with van der Waals surface area (Å²) in [4.78, 5) is 18.9. The van der Waals surface area contributed by atoms with Crippen molar-refractivity contribution < 1.29 is 13.2 Å². The van der Waals surface area contributed by atoms with Crippen LogP contribution in [0.25, 0.3) is 0 Å². The Morgan fingerprint density at radius 2 is 2.00 bits per heavy atom. The molecule has 162 valence electrons. The van der Waals surface area contributed by atoms with E-state index in [-0.39, 0.29) is 40.8 Å². The molecule has 29 heavy (non-hydrogen) atoms. The summed E-state index contributed by atoms with van der Waals surface area (Å²) in [7, 11) is -2.03. The number of amides is 1. The number of rotatable bonds is 5. The molecule has 0 spiro atoms. The predicted octanol–water partition coefficient (Wildman–Crippen LogP) is 1.41. The number of benzene rings is 1. The largest absolute Gasteiger partial charge is 0.352 e. The number of likely N-dealkylation sites (tertiary alicyclic amines) is 1. The van der Waals surface area contributed by atoms with Crippen LogP contribution in [0.1, 0.15) is 37.7 Å². The highest BCUT2D eigenvalue weighted by Gasteiger charge is 2.32. The Labute approximate surface area is 189 Å². The van der Waals surface area contributed by atoms with Gasteiger partial charge in [-0.2, -0.15) is 0 Å². The average molecular weight is 535 g/mol. The van der Waals surface area contributed by atoms with Crippen LogP contribution in [0.3, 0.4) is 0 Å². The second-order valence-corrected chi connectivity index (χ2v) is 9.08. The molecule has 1 aliphatic carbocycles. The number of hydrogen-bond acceptors (Lipinski definition) is 4. The normalized spacial score (nSPS) is 20.4. The van der Waals surface area contributed by atoms with Gasteiger partial charge in [0.05, 0.1) is 4.90 Å². The molecule has 10 heteroatoms. The van der Waals surface area contributed by atoms with E-state index in [1.54, 1.807) is 19.2 Å². The number of guanidine groups is 1. The predicted molar refractivity (Wildman–Crippen MR) is 124 cm³/mol. The number of halogens is 1. The monoisotopic (exact) mass is 535 g/mol. The van der Waals surface area contributed by atoms with Crippen LogP contribution >= 0.6 is 24.0 Å². The molecule has 1 saturated heterocycles. The Bertz CT molecular complexity index is 840. The van der Waals surface area contributed by atoms with Crippen molar-refractivity contribution in [3.63, 3.8) is 0 Å². The number of sulfonamides is 1. The smallest absolute Gasteiger partial charge is 0.238 e. The van der Waals surface area contributed by atoms with Crippen molar-refractivity contribution in [3.8, 4) is 0 Å². The van der Waals surface area contributed by atoms with Crippen LogP contribution in [0.15, 0.2) is 34.2 Å². The summed E-state index contributed by atoms with van der Waals surface area (Å²) in [5.74, 6) is 1.13. The Hall–Kier alpha value is -1.40. The van der Waals surface area contributed by atoms with Gasteiger partial charge in [-0.3, -0.25) is 9.79 Å². The first-order valence-corrected chi connectivity index (χ1v) is 11.3. The maximum Gasteiger partial charge on any atom is 0.238 e. The Balaban J connectivity index is 0.00000300. The van der Waals surface area contributed by atoms with E-state index in [4.69, 9.17) is 5.14 Å². The fourth-order valence-corrected chi connectivity index (χ4v) is 4.50. The van der Waals surface area contributed by atoms with Crippen molar-refractivity contribution >= 4 is 45.9 Å². The molecule has 2 fully saturated rings. The molecular weight excluding hydrogens is 505 g/mol. The molecule has 1 saturated carbocycles. The summed E-state index contributed by atoms with van der Waals surface area (Å²) in [5, 5.41) is 11.7. The minimum Gasteiger partial charge on any atom is -0.352 e. The molecule has 1 aliphatic heterocycles. The van der Waals surface area contributed by atoms with Crippen molar-refractivity contribution in [1.29, 1.82) is 0 Å². The Morgan fingerprint density at radius 1 is 1.28 bits per heavy atom. The molecule has 1 atom stereocenters. The van der Waals surface area contributed by atoms with Crippen molar-refractivity contribution in [3.05, 3.63) is 29.8 Å². The van der Waals surface area contributed by atoms with Crippen molar-refractivity contribution in [1.82, 2.24) is 15.5 Å². The second kappa shape index (κ2) is 10.6. The zero-order chi connectivity index (χ0) is 20.1. The van der Waals surface area contributed by atoms with Gasteiger partial charge >= 0.3 is 0 Å². The van der Waals surface area contributed by atoms with E-state index in [1.807, 2.05) is 11.0 Å². The van der Waals surface area contributed by atoms with E-state index in [2.05, 4.69) is 15.6 Å². The lowest BCUT2D eigenvalue weighted by Gasteiger charge is -2.21. The standard InChI is InChI=1S/C19H29N5O3S.HI/c1-21-19(22-12-14-5-4-8-17(11-14)28(20,26)27)23-16-9-10-24(13-16)18(25)15-6-2-3-7-15;/h4-5,8,11,15-16H,2-3,6-7,9-10,12-13H2,1H3,(H2,20,26,27)(H2,21,22,23);1H. The summed E-state index contributed by atoms with van der Waals surface area (Å²) in [6, 6.07) is 6.67. The first kappa shape index (κ1) is 23.9. The van der Waals surface area contributed by atoms with Gasteiger partial charge in [-0.05, 0) is 37.0 Å². The third-order valence-electron chi connectivity index (χ3n) is 5.46. The van der Waals surface area contributed by atoms with Crippen LogP contribution in [0.4, 0.5) is 0 Å². The van der Waals surface area contributed by atoms with Crippen molar-refractivity contribution in [2.75, 3.05) is 20.1 Å². The van der Waals surface area contributed by atoms with Crippen LogP contribution in [-0.2, 0) is 21.4 Å². The summed E-state index contributed by atoms with van der Waals surface area (Å²) in [5.41, 5.74) is 0.791. The van der Waals surface area contributed by atoms with Crippen LogP contribution in [0.5, 0.6) is 0 Å². The van der Waals surface area contributed by atoms with Crippen LogP contribution in [0, 0.1) is 5.92 Å². The van der Waals surface area contributed by atoms with Gasteiger partial charge in [-0.15, -0.1) is 24.0 Å². The van der Waals surface area contributed by atoms with Crippen molar-refractivity contribution in [2.45, 2.75) is 49.6 Å². The van der Waals surface area contributed by atoms with Crippen LogP contribution in [0.2, 0.25) is 0 Å². The molecule has 0 radical (unpaired) electrons. The zero-order valence-corrected chi connectivity index (χ0v) is 19.8. The molecule has 8 nitrogen and oxygen atoms in total. The van der Waals surface area contributed by atoms with E-state index < -0.39 is 10.0 Å². The number of nitrogens with one attached hydrogen (secondary N) is 2. The fourth-order valence-electron chi connectivity index (χ4n) is 3.92. The van der Waals surface area contributed by atoms with E-state index in [0.717, 1.165) is 44.2 Å². The highest BCUT2D eigenvalue weighted by atomic mass is 127. The summed E-state index contributed by atoms with van der Waals surface area (Å²) < 4.78 is 23.0. The quantitative estimate of drug-likeness (QED) is 0.300. The highest BCUT2D eigenvalue weighted by Crippen LogP contribution is 2.27. The number of nitrogens with two attached hydrogens (primary N) is 1. The number of carbonyl (C=O) groups is 1. The summed E-state index contributed by atoms with van der Waals surface area (Å²) >= 11 is 0. The fraction of sp³-hybridized carbons (Fsp3) is 0.579. The summed E-state index contributed by atoms with van der Waals surface area (Å²) in [6.07, 6.45) is 5.26. The Kier molecular flexibility index (Phi) is 8.71. The van der Waals surface area contributed by atoms with Gasteiger partial charge in [0.1, 0.15) is 0 Å². The number of primary sulfonamides is 1. The van der Waals surface area contributed by atoms with Gasteiger partial charge in [0.25, 0.3) is 0 Å². The number of hydrogen-bond donors (Lipinski definition) is 3. The third kappa shape index (κ3) is 6.54. The third-order valence-corrected chi connectivity index (χ3v) is 6.37. The molecule has 2 aliphatic rings. The first-order valence-electron chi connectivity index (χ1n) is 9.74. The van der Waals surface area contributed by atoms with Crippen molar-refractivity contribution in [2.24, 2.45) is 16.0 Å². The lowest BCUT2D eigenvalue weighted by molar-refractivity contribution is -0.134. The molecule has 1 unspecified atom stereocenters. The van der Waals surface area contributed by atoms with Gasteiger partial charge in [0.2, 0.25) is 15.9 Å². The molecule has 0 aromatic heterocycles. The van der Waals surface area contributed by atoms with Gasteiger partial charge in [0.15, 0.2) is 5.96 Å². The van der Waals surface area contributed by atoms with Gasteiger partial charge in [-0.1, -0.05) is 25.0 Å². The molecule has 3 rings (SSSR count). The summed E-state index contributed by atoms with van der Waals surface area (Å²) in [6.45, 7) is 1.89. The van der Waals surface area contributed by atoms with E-state index in [1.165, 1.54) is 6.07 Å². The molecule has 1 aromatic rings. The molecule has 1 aromatic carbocycles. The zero-order valence-electron chi connectivity index (χ0n) is 16.6.